The fourth-order valence-corrected chi connectivity index (χ4v) is 1.66. The van der Waals surface area contributed by atoms with Crippen molar-refractivity contribution in [2.75, 3.05) is 18.9 Å². The number of hydrogen-bond acceptors (Lipinski definition) is 5. The molecule has 0 aliphatic carbocycles. The van der Waals surface area contributed by atoms with Gasteiger partial charge >= 0.3 is 0 Å². The Balaban J connectivity index is 2.30. The Kier molecular flexibility index (Phi) is 4.34. The van der Waals surface area contributed by atoms with Crippen molar-refractivity contribution in [3.63, 3.8) is 0 Å². The molecule has 100 valence electrons. The van der Waals surface area contributed by atoms with E-state index in [0.29, 0.717) is 24.7 Å². The SMILES string of the molecule is CCOC(C#Cc1c[nH]c2ncnc(N)c12)OCC. The number of nitrogens with two attached hydrogens (primary N) is 1. The number of hydrogen-bond donors (Lipinski definition) is 2. The summed E-state index contributed by atoms with van der Waals surface area (Å²) in [4.78, 5) is 11.0. The smallest absolute Gasteiger partial charge is 0.222 e. The van der Waals surface area contributed by atoms with E-state index in [1.807, 2.05) is 13.8 Å². The highest BCUT2D eigenvalue weighted by atomic mass is 16.7. The first-order valence-corrected chi connectivity index (χ1v) is 6.08. The summed E-state index contributed by atoms with van der Waals surface area (Å²) < 4.78 is 10.7. The zero-order chi connectivity index (χ0) is 13.7. The maximum absolute atomic E-state index is 5.82. The van der Waals surface area contributed by atoms with E-state index in [2.05, 4.69) is 26.8 Å². The van der Waals surface area contributed by atoms with Gasteiger partial charge in [0.15, 0.2) is 0 Å². The molecule has 19 heavy (non-hydrogen) atoms. The molecule has 0 atom stereocenters. The van der Waals surface area contributed by atoms with Crippen molar-refractivity contribution in [1.29, 1.82) is 0 Å². The summed E-state index contributed by atoms with van der Waals surface area (Å²) in [6, 6.07) is 0. The number of nitrogen functional groups attached to an aromatic ring is 1. The van der Waals surface area contributed by atoms with E-state index in [-0.39, 0.29) is 0 Å². The maximum Gasteiger partial charge on any atom is 0.222 e. The number of H-pyrrole nitrogens is 1. The number of ether oxygens (including phenoxy) is 2. The monoisotopic (exact) mass is 260 g/mol. The van der Waals surface area contributed by atoms with Crippen LogP contribution >= 0.6 is 0 Å². The van der Waals surface area contributed by atoms with Crippen LogP contribution in [0.4, 0.5) is 5.82 Å². The van der Waals surface area contributed by atoms with E-state index in [1.165, 1.54) is 6.33 Å². The van der Waals surface area contributed by atoms with Gasteiger partial charge in [0.2, 0.25) is 6.29 Å². The van der Waals surface area contributed by atoms with Crippen molar-refractivity contribution in [3.8, 4) is 11.8 Å². The lowest BCUT2D eigenvalue weighted by atomic mass is 10.2. The lowest BCUT2D eigenvalue weighted by molar-refractivity contribution is -0.0969. The van der Waals surface area contributed by atoms with Crippen LogP contribution in [0.3, 0.4) is 0 Å². The molecule has 0 radical (unpaired) electrons. The van der Waals surface area contributed by atoms with E-state index in [0.717, 1.165) is 10.9 Å². The predicted octanol–water partition coefficient (Wildman–Crippen LogP) is 1.29. The normalized spacial score (nSPS) is 10.7. The van der Waals surface area contributed by atoms with Gasteiger partial charge < -0.3 is 20.2 Å². The summed E-state index contributed by atoms with van der Waals surface area (Å²) >= 11 is 0. The van der Waals surface area contributed by atoms with Crippen LogP contribution in [0.5, 0.6) is 0 Å². The number of aromatic amines is 1. The van der Waals surface area contributed by atoms with E-state index >= 15 is 0 Å². The third-order valence-corrected chi connectivity index (χ3v) is 2.46. The molecule has 0 spiro atoms. The first-order valence-electron chi connectivity index (χ1n) is 6.08. The van der Waals surface area contributed by atoms with E-state index in [4.69, 9.17) is 15.2 Å². The number of nitrogens with one attached hydrogen (secondary N) is 1. The second kappa shape index (κ2) is 6.18. The Morgan fingerprint density at radius 2 is 2.05 bits per heavy atom. The maximum atomic E-state index is 5.82. The first kappa shape index (κ1) is 13.3. The predicted molar refractivity (Wildman–Crippen MR) is 72.2 cm³/mol. The van der Waals surface area contributed by atoms with E-state index in [1.54, 1.807) is 6.20 Å². The summed E-state index contributed by atoms with van der Waals surface area (Å²) in [5.74, 6) is 6.31. The summed E-state index contributed by atoms with van der Waals surface area (Å²) in [7, 11) is 0. The Labute approximate surface area is 111 Å². The average molecular weight is 260 g/mol. The van der Waals surface area contributed by atoms with Crippen molar-refractivity contribution in [3.05, 3.63) is 18.1 Å². The molecule has 6 nitrogen and oxygen atoms in total. The molecule has 2 aromatic heterocycles. The third-order valence-electron chi connectivity index (χ3n) is 2.46. The fraction of sp³-hybridized carbons (Fsp3) is 0.385. The molecule has 0 aliphatic heterocycles. The lowest BCUT2D eigenvalue weighted by Gasteiger charge is -2.09. The van der Waals surface area contributed by atoms with E-state index in [9.17, 15) is 0 Å². The second-order valence-corrected chi connectivity index (χ2v) is 3.70. The standard InChI is InChI=1S/C13H16N4O2/c1-3-18-10(19-4-2)6-5-9-7-15-13-11(9)12(14)16-8-17-13/h7-8,10H,3-4H2,1-2H3,(H3,14,15,16,17). The van der Waals surface area contributed by atoms with Crippen LogP contribution in [0.15, 0.2) is 12.5 Å². The van der Waals surface area contributed by atoms with Gasteiger partial charge in [0, 0.05) is 19.4 Å². The van der Waals surface area contributed by atoms with Crippen LogP contribution in [0.1, 0.15) is 19.4 Å². The largest absolute Gasteiger partial charge is 0.383 e. The fourth-order valence-electron chi connectivity index (χ4n) is 1.66. The summed E-state index contributed by atoms with van der Waals surface area (Å²) in [6.07, 6.45) is 2.62. The van der Waals surface area contributed by atoms with Gasteiger partial charge in [0.25, 0.3) is 0 Å². The molecule has 3 N–H and O–H groups in total. The molecule has 0 amide bonds. The number of nitrogens with zero attached hydrogens (tertiary/aromatic N) is 2. The molecule has 0 bridgehead atoms. The van der Waals surface area contributed by atoms with Gasteiger partial charge in [-0.3, -0.25) is 0 Å². The van der Waals surface area contributed by atoms with Gasteiger partial charge in [-0.2, -0.15) is 0 Å². The van der Waals surface area contributed by atoms with Crippen LogP contribution in [0.2, 0.25) is 0 Å². The molecular formula is C13H16N4O2. The molecule has 0 aromatic carbocycles. The molecule has 2 rings (SSSR count). The van der Waals surface area contributed by atoms with Gasteiger partial charge in [-0.1, -0.05) is 5.92 Å². The van der Waals surface area contributed by atoms with Crippen LogP contribution in [-0.2, 0) is 9.47 Å². The topological polar surface area (TPSA) is 86.0 Å². The molecule has 0 aliphatic rings. The summed E-state index contributed by atoms with van der Waals surface area (Å²) in [5.41, 5.74) is 7.23. The Morgan fingerprint density at radius 3 is 2.74 bits per heavy atom. The number of anilines is 1. The highest BCUT2D eigenvalue weighted by Gasteiger charge is 2.08. The Morgan fingerprint density at radius 1 is 1.32 bits per heavy atom. The number of aromatic nitrogens is 3. The van der Waals surface area contributed by atoms with Crippen molar-refractivity contribution >= 4 is 16.9 Å². The van der Waals surface area contributed by atoms with Gasteiger partial charge in [0.1, 0.15) is 17.8 Å². The molecule has 2 aromatic rings. The zero-order valence-corrected chi connectivity index (χ0v) is 10.9. The number of rotatable bonds is 4. The average Bonchev–Trinajstić information content (AvgIpc) is 2.81. The zero-order valence-electron chi connectivity index (χ0n) is 10.9. The quantitative estimate of drug-likeness (QED) is 0.639. The third kappa shape index (κ3) is 3.02. The van der Waals surface area contributed by atoms with Crippen LogP contribution in [0, 0.1) is 11.8 Å². The minimum Gasteiger partial charge on any atom is -0.383 e. The molecule has 0 saturated carbocycles. The van der Waals surface area contributed by atoms with Gasteiger partial charge in [-0.15, -0.1) is 0 Å². The lowest BCUT2D eigenvalue weighted by Crippen LogP contribution is -2.14. The van der Waals surface area contributed by atoms with Crippen molar-refractivity contribution in [2.24, 2.45) is 0 Å². The van der Waals surface area contributed by atoms with Crippen LogP contribution < -0.4 is 5.73 Å². The van der Waals surface area contributed by atoms with Crippen molar-refractivity contribution in [2.45, 2.75) is 20.1 Å². The number of fused-ring (bicyclic) bond motifs is 1. The molecule has 0 fully saturated rings. The van der Waals surface area contributed by atoms with Gasteiger partial charge in [0.05, 0.1) is 10.9 Å². The minimum atomic E-state index is -0.536. The van der Waals surface area contributed by atoms with Gasteiger partial charge in [-0.05, 0) is 19.8 Å². The van der Waals surface area contributed by atoms with Crippen LogP contribution in [0.25, 0.3) is 11.0 Å². The summed E-state index contributed by atoms with van der Waals surface area (Å²) in [5, 5.41) is 0.724. The van der Waals surface area contributed by atoms with Gasteiger partial charge in [-0.25, -0.2) is 9.97 Å². The van der Waals surface area contributed by atoms with Crippen molar-refractivity contribution in [1.82, 2.24) is 15.0 Å². The Hall–Kier alpha value is -2.10. The molecule has 6 heteroatoms. The molecule has 2 heterocycles. The highest BCUT2D eigenvalue weighted by molar-refractivity contribution is 5.91. The second-order valence-electron chi connectivity index (χ2n) is 3.70. The molecule has 0 saturated heterocycles. The molecule has 0 unspecified atom stereocenters. The Bertz CT molecular complexity index is 606. The minimum absolute atomic E-state index is 0.403. The first-order chi connectivity index (χ1) is 9.26. The molecular weight excluding hydrogens is 244 g/mol. The van der Waals surface area contributed by atoms with Crippen molar-refractivity contribution < 1.29 is 9.47 Å². The van der Waals surface area contributed by atoms with Crippen LogP contribution in [-0.4, -0.2) is 34.5 Å². The van der Waals surface area contributed by atoms with E-state index < -0.39 is 6.29 Å². The highest BCUT2D eigenvalue weighted by Crippen LogP contribution is 2.19. The summed E-state index contributed by atoms with van der Waals surface area (Å²) in [6.45, 7) is 4.87.